The Hall–Kier alpha value is -1.71. The van der Waals surface area contributed by atoms with Crippen LogP contribution in [0.1, 0.15) is 10.4 Å². The van der Waals surface area contributed by atoms with Gasteiger partial charge in [0.05, 0.1) is 18.4 Å². The summed E-state index contributed by atoms with van der Waals surface area (Å²) in [4.78, 5) is 12.4. The van der Waals surface area contributed by atoms with Crippen LogP contribution in [0.15, 0.2) is 53.4 Å². The van der Waals surface area contributed by atoms with E-state index >= 15 is 0 Å². The van der Waals surface area contributed by atoms with E-state index in [1.54, 1.807) is 18.2 Å². The lowest BCUT2D eigenvalue weighted by molar-refractivity contribution is 0.0600. The van der Waals surface area contributed by atoms with Crippen LogP contribution in [-0.2, 0) is 9.30 Å². The van der Waals surface area contributed by atoms with Crippen molar-refractivity contribution in [1.82, 2.24) is 0 Å². The van der Waals surface area contributed by atoms with Crippen molar-refractivity contribution < 1.29 is 14.1 Å². The Morgan fingerprint density at radius 1 is 1.20 bits per heavy atom. The van der Waals surface area contributed by atoms with E-state index in [2.05, 4.69) is 5.09 Å². The van der Waals surface area contributed by atoms with Gasteiger partial charge in [-0.2, -0.15) is 0 Å². The summed E-state index contributed by atoms with van der Waals surface area (Å²) in [5.41, 5.74) is 1.16. The molecule has 0 aromatic heterocycles. The van der Waals surface area contributed by atoms with Crippen LogP contribution in [0, 0.1) is 0 Å². The number of esters is 1. The average Bonchev–Trinajstić information content (AvgIpc) is 2.84. The van der Waals surface area contributed by atoms with Crippen molar-refractivity contribution in [1.29, 1.82) is 0 Å². The van der Waals surface area contributed by atoms with Crippen molar-refractivity contribution in [3.05, 3.63) is 54.1 Å². The van der Waals surface area contributed by atoms with E-state index in [-0.39, 0.29) is 0 Å². The second kappa shape index (κ2) is 5.00. The van der Waals surface area contributed by atoms with Crippen LogP contribution in [0.4, 0.5) is 5.69 Å². The number of methoxy groups -OCH3 is 1. The van der Waals surface area contributed by atoms with Gasteiger partial charge in [0.2, 0.25) is 0 Å². The van der Waals surface area contributed by atoms with Crippen LogP contribution in [0.25, 0.3) is 0 Å². The minimum atomic E-state index is -2.75. The Morgan fingerprint density at radius 3 is 2.65 bits per heavy atom. The highest BCUT2D eigenvalue weighted by atomic mass is 32.7. The molecule has 1 N–H and O–H groups in total. The smallest absolute Gasteiger partial charge is 0.337 e. The number of carbonyl (C=O) groups is 1. The summed E-state index contributed by atoms with van der Waals surface area (Å²) in [6.07, 6.45) is 0. The summed E-state index contributed by atoms with van der Waals surface area (Å²) in [5, 5.41) is 3.82. The zero-order valence-electron chi connectivity index (χ0n) is 10.7. The number of hydrogen-bond acceptors (Lipinski definition) is 4. The van der Waals surface area contributed by atoms with Crippen molar-refractivity contribution in [3.63, 3.8) is 0 Å². The normalized spacial score (nSPS) is 20.1. The second-order valence-corrected chi connectivity index (χ2v) is 8.85. The molecule has 6 heteroatoms. The maximum absolute atomic E-state index is 13.0. The molecule has 3 rings (SSSR count). The van der Waals surface area contributed by atoms with Crippen molar-refractivity contribution in [3.8, 4) is 0 Å². The van der Waals surface area contributed by atoms with E-state index in [9.17, 15) is 9.36 Å². The third kappa shape index (κ3) is 2.23. The largest absolute Gasteiger partial charge is 0.465 e. The summed E-state index contributed by atoms with van der Waals surface area (Å²) >= 11 is 1.31. The number of ether oxygens (including phenoxy) is 1. The molecule has 4 nitrogen and oxygen atoms in total. The highest BCUT2D eigenvalue weighted by Crippen LogP contribution is 2.67. The second-order valence-electron chi connectivity index (χ2n) is 4.29. The Balaban J connectivity index is 1.97. The molecule has 0 saturated heterocycles. The van der Waals surface area contributed by atoms with Gasteiger partial charge in [-0.1, -0.05) is 18.2 Å². The predicted molar refractivity (Wildman–Crippen MR) is 80.9 cm³/mol. The van der Waals surface area contributed by atoms with E-state index < -0.39 is 12.5 Å². The molecule has 0 saturated carbocycles. The zero-order chi connectivity index (χ0) is 14.2. The predicted octanol–water partition coefficient (Wildman–Crippen LogP) is 3.51. The van der Waals surface area contributed by atoms with E-state index in [0.29, 0.717) is 11.3 Å². The monoisotopic (exact) mass is 305 g/mol. The Morgan fingerprint density at radius 2 is 1.95 bits per heavy atom. The van der Waals surface area contributed by atoms with Gasteiger partial charge in [0, 0.05) is 10.2 Å². The lowest BCUT2D eigenvalue weighted by Gasteiger charge is -2.11. The maximum atomic E-state index is 13.0. The Labute approximate surface area is 120 Å². The molecule has 1 atom stereocenters. The summed E-state index contributed by atoms with van der Waals surface area (Å²) < 4.78 is 17.6. The van der Waals surface area contributed by atoms with Gasteiger partial charge in [-0.15, -0.1) is 0 Å². The van der Waals surface area contributed by atoms with Gasteiger partial charge in [0.25, 0.3) is 6.49 Å². The van der Waals surface area contributed by atoms with E-state index in [1.165, 1.54) is 18.5 Å². The molecule has 20 heavy (non-hydrogen) atoms. The van der Waals surface area contributed by atoms with Crippen LogP contribution in [0.3, 0.4) is 0 Å². The van der Waals surface area contributed by atoms with E-state index in [1.807, 2.05) is 30.3 Å². The van der Waals surface area contributed by atoms with Gasteiger partial charge in [-0.05, 0) is 41.7 Å². The van der Waals surface area contributed by atoms with Gasteiger partial charge < -0.3 is 9.82 Å². The van der Waals surface area contributed by atoms with Crippen molar-refractivity contribution >= 4 is 34.8 Å². The molecular formula is C14H12NO3PS. The first-order valence-corrected chi connectivity index (χ1v) is 9.11. The van der Waals surface area contributed by atoms with Gasteiger partial charge >= 0.3 is 5.97 Å². The number of fused-ring (bicyclic) bond motifs is 1. The fraction of sp³-hybridized carbons (Fsp3) is 0.0714. The zero-order valence-corrected chi connectivity index (χ0v) is 12.4. The van der Waals surface area contributed by atoms with Gasteiger partial charge in [0.15, 0.2) is 0 Å². The Kier molecular flexibility index (Phi) is 3.32. The standard InChI is InChI=1S/C14H12NO3PS/c1-18-14(16)10-7-8-13-12(9-10)15-19(17,20-13)11-5-3-2-4-6-11/h2-9H,1H3,(H,15,17). The van der Waals surface area contributed by atoms with Crippen LogP contribution in [0.2, 0.25) is 0 Å². The summed E-state index contributed by atoms with van der Waals surface area (Å²) in [6, 6.07) is 14.4. The SMILES string of the molecule is COC(=O)c1ccc2c(c1)NP(=O)(c1ccccc1)S2. The van der Waals surface area contributed by atoms with Crippen molar-refractivity contribution in [2.24, 2.45) is 0 Å². The maximum Gasteiger partial charge on any atom is 0.337 e. The first-order valence-electron chi connectivity index (χ1n) is 5.98. The van der Waals surface area contributed by atoms with Crippen LogP contribution in [-0.4, -0.2) is 13.1 Å². The molecule has 0 aliphatic carbocycles. The molecule has 1 unspecified atom stereocenters. The molecule has 1 heterocycles. The third-order valence-electron chi connectivity index (χ3n) is 2.99. The number of hydrogen-bond donors (Lipinski definition) is 1. The number of nitrogens with one attached hydrogen (secondary N) is 1. The van der Waals surface area contributed by atoms with Crippen molar-refractivity contribution in [2.75, 3.05) is 12.2 Å². The molecule has 102 valence electrons. The molecule has 0 bridgehead atoms. The third-order valence-corrected chi connectivity index (χ3v) is 7.58. The first kappa shape index (κ1) is 13.3. The molecule has 1 aliphatic rings. The summed E-state index contributed by atoms with van der Waals surface area (Å²) in [7, 11) is 1.34. The molecule has 2 aromatic rings. The molecule has 1 aliphatic heterocycles. The van der Waals surface area contributed by atoms with Crippen LogP contribution >= 0.6 is 17.9 Å². The lowest BCUT2D eigenvalue weighted by atomic mass is 10.2. The lowest BCUT2D eigenvalue weighted by Crippen LogP contribution is -2.05. The number of anilines is 1. The van der Waals surface area contributed by atoms with Crippen molar-refractivity contribution in [2.45, 2.75) is 4.90 Å². The van der Waals surface area contributed by atoms with Gasteiger partial charge in [-0.25, -0.2) is 4.79 Å². The van der Waals surface area contributed by atoms with Gasteiger partial charge in [-0.3, -0.25) is 4.57 Å². The van der Waals surface area contributed by atoms with Gasteiger partial charge in [0.1, 0.15) is 0 Å². The average molecular weight is 305 g/mol. The molecule has 2 aromatic carbocycles. The van der Waals surface area contributed by atoms with Crippen LogP contribution in [0.5, 0.6) is 0 Å². The molecular weight excluding hydrogens is 293 g/mol. The summed E-state index contributed by atoms with van der Waals surface area (Å²) in [6.45, 7) is -2.75. The minimum absolute atomic E-state index is 0.402. The molecule has 0 amide bonds. The van der Waals surface area contributed by atoms with Crippen LogP contribution < -0.4 is 10.4 Å². The fourth-order valence-corrected chi connectivity index (χ4v) is 6.46. The quantitative estimate of drug-likeness (QED) is 0.679. The summed E-state index contributed by atoms with van der Waals surface area (Å²) in [5.74, 6) is -0.402. The minimum Gasteiger partial charge on any atom is -0.465 e. The molecule has 0 fully saturated rings. The Bertz CT molecular complexity index is 718. The fourth-order valence-electron chi connectivity index (χ4n) is 2.00. The molecule has 0 spiro atoms. The topological polar surface area (TPSA) is 55.4 Å². The number of benzene rings is 2. The first-order chi connectivity index (χ1) is 9.62. The highest BCUT2D eigenvalue weighted by molar-refractivity contribution is 8.61. The number of rotatable bonds is 2. The van der Waals surface area contributed by atoms with E-state index in [0.717, 1.165) is 10.2 Å². The highest BCUT2D eigenvalue weighted by Gasteiger charge is 2.34. The molecule has 0 radical (unpaired) electrons. The number of carbonyl (C=O) groups excluding carboxylic acids is 1. The van der Waals surface area contributed by atoms with E-state index in [4.69, 9.17) is 4.74 Å².